The van der Waals surface area contributed by atoms with Gasteiger partial charge in [-0.05, 0) is 48.5 Å². The number of carbonyl (C=O) groups excluding carboxylic acids is 2. The second-order valence-electron chi connectivity index (χ2n) is 5.88. The molecule has 0 aliphatic carbocycles. The first-order chi connectivity index (χ1) is 13.7. The Hall–Kier alpha value is -3.80. The molecule has 1 amide bonds. The van der Waals surface area contributed by atoms with Crippen molar-refractivity contribution in [2.45, 2.75) is 0 Å². The summed E-state index contributed by atoms with van der Waals surface area (Å²) in [7, 11) is 1.32. The Balaban J connectivity index is 1.55. The zero-order valence-corrected chi connectivity index (χ0v) is 15.3. The summed E-state index contributed by atoms with van der Waals surface area (Å²) in [6.07, 6.45) is 0. The lowest BCUT2D eigenvalue weighted by Gasteiger charge is -2.11. The molecule has 2 N–H and O–H groups in total. The van der Waals surface area contributed by atoms with Gasteiger partial charge in [0.05, 0.1) is 19.2 Å². The third kappa shape index (κ3) is 5.11. The number of ether oxygens (including phenoxy) is 2. The highest BCUT2D eigenvalue weighted by atomic mass is 16.5. The topological polar surface area (TPSA) is 76.7 Å². The molecule has 0 saturated heterocycles. The van der Waals surface area contributed by atoms with E-state index in [2.05, 4.69) is 10.6 Å². The Morgan fingerprint density at radius 2 is 1.46 bits per heavy atom. The molecule has 3 aromatic carbocycles. The summed E-state index contributed by atoms with van der Waals surface area (Å²) in [6.45, 7) is 0.0102. The van der Waals surface area contributed by atoms with E-state index in [-0.39, 0.29) is 12.5 Å². The van der Waals surface area contributed by atoms with Gasteiger partial charge in [0, 0.05) is 11.4 Å². The molecule has 142 valence electrons. The Bertz CT molecular complexity index is 940. The van der Waals surface area contributed by atoms with E-state index < -0.39 is 5.97 Å². The van der Waals surface area contributed by atoms with Crippen LogP contribution in [-0.2, 0) is 9.53 Å². The smallest absolute Gasteiger partial charge is 0.339 e. The van der Waals surface area contributed by atoms with E-state index in [1.54, 1.807) is 48.5 Å². The second-order valence-corrected chi connectivity index (χ2v) is 5.88. The van der Waals surface area contributed by atoms with Crippen LogP contribution >= 0.6 is 0 Å². The second kappa shape index (κ2) is 9.23. The molecule has 28 heavy (non-hydrogen) atoms. The fraction of sp³-hybridized carbons (Fsp3) is 0.0909. The van der Waals surface area contributed by atoms with Crippen LogP contribution in [0.3, 0.4) is 0 Å². The quantitative estimate of drug-likeness (QED) is 0.601. The van der Waals surface area contributed by atoms with Gasteiger partial charge in [-0.3, -0.25) is 4.79 Å². The lowest BCUT2D eigenvalue weighted by Crippen LogP contribution is -2.22. The fourth-order valence-corrected chi connectivity index (χ4v) is 2.54. The van der Waals surface area contributed by atoms with Gasteiger partial charge in [0.15, 0.2) is 0 Å². The van der Waals surface area contributed by atoms with E-state index in [9.17, 15) is 9.59 Å². The van der Waals surface area contributed by atoms with Crippen LogP contribution in [0.4, 0.5) is 11.4 Å². The van der Waals surface area contributed by atoms with Gasteiger partial charge in [-0.15, -0.1) is 0 Å². The summed E-state index contributed by atoms with van der Waals surface area (Å²) >= 11 is 0. The number of nitrogens with one attached hydrogen (secondary N) is 2. The van der Waals surface area contributed by atoms with Crippen LogP contribution in [0.15, 0.2) is 78.9 Å². The van der Waals surface area contributed by atoms with Gasteiger partial charge in [0.2, 0.25) is 5.91 Å². The number of anilines is 2. The van der Waals surface area contributed by atoms with E-state index in [4.69, 9.17) is 9.47 Å². The molecule has 3 aromatic rings. The summed E-state index contributed by atoms with van der Waals surface area (Å²) in [5.74, 6) is 0.719. The van der Waals surface area contributed by atoms with Gasteiger partial charge in [-0.2, -0.15) is 0 Å². The molecule has 0 fully saturated rings. The highest BCUT2D eigenvalue weighted by Crippen LogP contribution is 2.22. The van der Waals surface area contributed by atoms with Crippen LogP contribution in [0.2, 0.25) is 0 Å². The van der Waals surface area contributed by atoms with Gasteiger partial charge >= 0.3 is 5.97 Å². The first kappa shape index (κ1) is 19.0. The highest BCUT2D eigenvalue weighted by molar-refractivity contribution is 5.98. The van der Waals surface area contributed by atoms with Gasteiger partial charge in [0.1, 0.15) is 11.5 Å². The normalized spacial score (nSPS) is 10.0. The van der Waals surface area contributed by atoms with Crippen LogP contribution in [0.5, 0.6) is 11.5 Å². The monoisotopic (exact) mass is 376 g/mol. The van der Waals surface area contributed by atoms with Crippen molar-refractivity contribution in [3.63, 3.8) is 0 Å². The van der Waals surface area contributed by atoms with Crippen molar-refractivity contribution in [3.05, 3.63) is 84.4 Å². The predicted molar refractivity (Wildman–Crippen MR) is 108 cm³/mol. The Morgan fingerprint density at radius 1 is 0.821 bits per heavy atom. The number of benzene rings is 3. The summed E-state index contributed by atoms with van der Waals surface area (Å²) < 4.78 is 10.5. The minimum atomic E-state index is -0.461. The summed E-state index contributed by atoms with van der Waals surface area (Å²) in [5, 5.41) is 5.75. The van der Waals surface area contributed by atoms with Crippen molar-refractivity contribution in [1.29, 1.82) is 0 Å². The van der Waals surface area contributed by atoms with Gasteiger partial charge in [-0.1, -0.05) is 30.3 Å². The molecule has 0 bridgehead atoms. The van der Waals surface area contributed by atoms with Crippen molar-refractivity contribution >= 4 is 23.3 Å². The number of methoxy groups -OCH3 is 1. The lowest BCUT2D eigenvalue weighted by molar-refractivity contribution is -0.114. The van der Waals surface area contributed by atoms with Crippen molar-refractivity contribution in [2.75, 3.05) is 24.3 Å². The fourth-order valence-electron chi connectivity index (χ4n) is 2.54. The minimum Gasteiger partial charge on any atom is -0.465 e. The Kier molecular flexibility index (Phi) is 6.25. The van der Waals surface area contributed by atoms with E-state index in [0.29, 0.717) is 22.7 Å². The molecule has 6 heteroatoms. The minimum absolute atomic E-state index is 0.0102. The average molecular weight is 376 g/mol. The van der Waals surface area contributed by atoms with Gasteiger partial charge < -0.3 is 20.1 Å². The number of carbonyl (C=O) groups is 2. The first-order valence-corrected chi connectivity index (χ1v) is 8.70. The van der Waals surface area contributed by atoms with Crippen molar-refractivity contribution in [3.8, 4) is 11.5 Å². The zero-order valence-electron chi connectivity index (χ0n) is 15.3. The van der Waals surface area contributed by atoms with Crippen LogP contribution in [-0.4, -0.2) is 25.5 Å². The summed E-state index contributed by atoms with van der Waals surface area (Å²) in [5.41, 5.74) is 1.56. The third-order valence-corrected chi connectivity index (χ3v) is 3.89. The average Bonchev–Trinajstić information content (AvgIpc) is 2.74. The van der Waals surface area contributed by atoms with E-state index in [0.717, 1.165) is 5.75 Å². The third-order valence-electron chi connectivity index (χ3n) is 3.89. The number of hydrogen-bond acceptors (Lipinski definition) is 5. The zero-order chi connectivity index (χ0) is 19.8. The summed E-state index contributed by atoms with van der Waals surface area (Å²) in [4.78, 5) is 23.9. The molecule has 6 nitrogen and oxygen atoms in total. The molecular weight excluding hydrogens is 356 g/mol. The number of para-hydroxylation sites is 2. The number of hydrogen-bond donors (Lipinski definition) is 2. The largest absolute Gasteiger partial charge is 0.465 e. The van der Waals surface area contributed by atoms with E-state index in [1.165, 1.54) is 7.11 Å². The molecule has 0 radical (unpaired) electrons. The summed E-state index contributed by atoms with van der Waals surface area (Å²) in [6, 6.07) is 23.4. The van der Waals surface area contributed by atoms with Crippen molar-refractivity contribution in [1.82, 2.24) is 0 Å². The maximum atomic E-state index is 12.2. The Labute approximate surface area is 163 Å². The molecule has 0 atom stereocenters. The number of amides is 1. The molecule has 0 saturated carbocycles. The number of rotatable bonds is 7. The number of esters is 1. The molecule has 0 aliphatic heterocycles. The maximum absolute atomic E-state index is 12.2. The maximum Gasteiger partial charge on any atom is 0.339 e. The SMILES string of the molecule is COC(=O)c1ccccc1NCC(=O)Nc1ccc(Oc2ccccc2)cc1. The van der Waals surface area contributed by atoms with Crippen molar-refractivity contribution < 1.29 is 19.1 Å². The van der Waals surface area contributed by atoms with Crippen LogP contribution in [0.25, 0.3) is 0 Å². The van der Waals surface area contributed by atoms with Crippen LogP contribution in [0, 0.1) is 0 Å². The van der Waals surface area contributed by atoms with Crippen molar-refractivity contribution in [2.24, 2.45) is 0 Å². The van der Waals surface area contributed by atoms with E-state index in [1.807, 2.05) is 30.3 Å². The molecule has 3 rings (SSSR count). The van der Waals surface area contributed by atoms with Crippen LogP contribution < -0.4 is 15.4 Å². The van der Waals surface area contributed by atoms with Crippen LogP contribution in [0.1, 0.15) is 10.4 Å². The standard InChI is InChI=1S/C22H20N2O4/c1-27-22(26)19-9-5-6-10-20(19)23-15-21(25)24-16-11-13-18(14-12-16)28-17-7-3-2-4-8-17/h2-14,23H,15H2,1H3,(H,24,25). The Morgan fingerprint density at radius 3 is 2.18 bits per heavy atom. The lowest BCUT2D eigenvalue weighted by atomic mass is 10.2. The first-order valence-electron chi connectivity index (χ1n) is 8.70. The molecule has 0 aliphatic rings. The van der Waals surface area contributed by atoms with Gasteiger partial charge in [0.25, 0.3) is 0 Å². The molecular formula is C22H20N2O4. The molecule has 0 unspecified atom stereocenters. The van der Waals surface area contributed by atoms with E-state index >= 15 is 0 Å². The highest BCUT2D eigenvalue weighted by Gasteiger charge is 2.11. The van der Waals surface area contributed by atoms with Gasteiger partial charge in [-0.25, -0.2) is 4.79 Å². The molecule has 0 spiro atoms. The molecule has 0 heterocycles. The molecule has 0 aromatic heterocycles. The predicted octanol–water partition coefficient (Wildman–Crippen LogP) is 4.32.